The molecule has 8 nitrogen and oxygen atoms in total. The van der Waals surface area contributed by atoms with Crippen LogP contribution in [0.15, 0.2) is 18.3 Å². The molecule has 1 aromatic rings. The summed E-state index contributed by atoms with van der Waals surface area (Å²) in [5, 5.41) is 13.6. The number of nitrogens with two attached hydrogens (primary N) is 1. The van der Waals surface area contributed by atoms with Crippen molar-refractivity contribution in [3.63, 3.8) is 0 Å². The lowest BCUT2D eigenvalue weighted by Gasteiger charge is -2.12. The molecule has 0 fully saturated rings. The lowest BCUT2D eigenvalue weighted by Crippen LogP contribution is -2.38. The van der Waals surface area contributed by atoms with Crippen molar-refractivity contribution in [2.24, 2.45) is 5.73 Å². The van der Waals surface area contributed by atoms with Crippen LogP contribution in [0.1, 0.15) is 19.0 Å². The fourth-order valence-electron chi connectivity index (χ4n) is 1.50. The van der Waals surface area contributed by atoms with Crippen LogP contribution >= 0.6 is 0 Å². The molecule has 0 bridgehead atoms. The van der Waals surface area contributed by atoms with Gasteiger partial charge in [-0.15, -0.1) is 0 Å². The van der Waals surface area contributed by atoms with Crippen LogP contribution in [0, 0.1) is 0 Å². The Morgan fingerprint density at radius 1 is 1.40 bits per heavy atom. The maximum absolute atomic E-state index is 11.6. The lowest BCUT2D eigenvalue weighted by molar-refractivity contribution is -0.136. The minimum absolute atomic E-state index is 0.0449. The molecule has 0 aromatic carbocycles. The number of nitrogens with one attached hydrogen (secondary N) is 2. The zero-order valence-electron chi connectivity index (χ0n) is 10.9. The predicted molar refractivity (Wildman–Crippen MR) is 71.0 cm³/mol. The van der Waals surface area contributed by atoms with E-state index in [1.807, 2.05) is 0 Å². The normalized spacial score (nSPS) is 11.4. The topological polar surface area (TPSA) is 134 Å². The van der Waals surface area contributed by atoms with Gasteiger partial charge in [0.1, 0.15) is 0 Å². The van der Waals surface area contributed by atoms with Gasteiger partial charge in [-0.3, -0.25) is 14.6 Å². The summed E-state index contributed by atoms with van der Waals surface area (Å²) in [6, 6.07) is 2.18. The Labute approximate surface area is 115 Å². The fraction of sp³-hybridized carbons (Fsp3) is 0.333. The highest BCUT2D eigenvalue weighted by Crippen LogP contribution is 2.06. The van der Waals surface area contributed by atoms with E-state index >= 15 is 0 Å². The van der Waals surface area contributed by atoms with Gasteiger partial charge in [-0.1, -0.05) is 0 Å². The van der Waals surface area contributed by atoms with Crippen molar-refractivity contribution >= 4 is 23.6 Å². The number of anilines is 1. The van der Waals surface area contributed by atoms with Crippen LogP contribution in [0.2, 0.25) is 0 Å². The molecule has 20 heavy (non-hydrogen) atoms. The van der Waals surface area contributed by atoms with E-state index in [1.165, 1.54) is 12.3 Å². The molecule has 1 aromatic heterocycles. The first-order chi connectivity index (χ1) is 9.36. The largest absolute Gasteiger partial charge is 0.481 e. The van der Waals surface area contributed by atoms with Crippen LogP contribution in [-0.2, 0) is 16.0 Å². The van der Waals surface area contributed by atoms with E-state index < -0.39 is 17.9 Å². The van der Waals surface area contributed by atoms with Gasteiger partial charge in [-0.05, 0) is 19.1 Å². The van der Waals surface area contributed by atoms with Gasteiger partial charge in [0.05, 0.1) is 24.0 Å². The monoisotopic (exact) mass is 280 g/mol. The highest BCUT2D eigenvalue weighted by molar-refractivity contribution is 5.89. The molecule has 8 heteroatoms. The summed E-state index contributed by atoms with van der Waals surface area (Å²) in [5.41, 5.74) is 5.82. The smallest absolute Gasteiger partial charge is 0.319 e. The average Bonchev–Trinajstić information content (AvgIpc) is 2.29. The second-order valence-electron chi connectivity index (χ2n) is 4.28. The van der Waals surface area contributed by atoms with Gasteiger partial charge in [-0.2, -0.15) is 0 Å². The third-order valence-corrected chi connectivity index (χ3v) is 2.30. The molecule has 5 N–H and O–H groups in total. The van der Waals surface area contributed by atoms with Crippen molar-refractivity contribution in [2.75, 3.05) is 5.32 Å². The third-order valence-electron chi connectivity index (χ3n) is 2.30. The SMILES string of the molecule is CC(CC(N)=O)NC(=O)Nc1ccc(CC(=O)O)nc1. The number of hydrogen-bond acceptors (Lipinski definition) is 4. The summed E-state index contributed by atoms with van der Waals surface area (Å²) in [6.45, 7) is 1.65. The van der Waals surface area contributed by atoms with Crippen LogP contribution in [-0.4, -0.2) is 34.0 Å². The van der Waals surface area contributed by atoms with Gasteiger partial charge in [-0.25, -0.2) is 4.79 Å². The Morgan fingerprint density at radius 2 is 2.10 bits per heavy atom. The van der Waals surface area contributed by atoms with Crippen LogP contribution in [0.5, 0.6) is 0 Å². The standard InChI is InChI=1S/C12H16N4O4/c1-7(4-10(13)17)15-12(20)16-9-3-2-8(14-6-9)5-11(18)19/h2-3,6-7H,4-5H2,1H3,(H2,13,17)(H,18,19)(H2,15,16,20). The zero-order valence-corrected chi connectivity index (χ0v) is 10.9. The summed E-state index contributed by atoms with van der Waals surface area (Å²) < 4.78 is 0. The van der Waals surface area contributed by atoms with Gasteiger partial charge < -0.3 is 21.5 Å². The summed E-state index contributed by atoms with van der Waals surface area (Å²) in [6.07, 6.45) is 1.22. The van der Waals surface area contributed by atoms with Crippen LogP contribution in [0.3, 0.4) is 0 Å². The van der Waals surface area contributed by atoms with E-state index in [9.17, 15) is 14.4 Å². The van der Waals surface area contributed by atoms with Gasteiger partial charge in [0.15, 0.2) is 0 Å². The predicted octanol–water partition coefficient (Wildman–Crippen LogP) is 0.0941. The number of carbonyl (C=O) groups excluding carboxylic acids is 2. The number of pyridine rings is 1. The highest BCUT2D eigenvalue weighted by Gasteiger charge is 2.10. The van der Waals surface area contributed by atoms with Crippen LogP contribution in [0.4, 0.5) is 10.5 Å². The van der Waals surface area contributed by atoms with Crippen molar-refractivity contribution in [1.29, 1.82) is 0 Å². The quantitative estimate of drug-likeness (QED) is 0.586. The minimum atomic E-state index is -0.976. The molecule has 1 atom stereocenters. The van der Waals surface area contributed by atoms with E-state index in [0.29, 0.717) is 11.4 Å². The van der Waals surface area contributed by atoms with Gasteiger partial charge in [0, 0.05) is 12.5 Å². The molecule has 0 saturated heterocycles. The molecule has 3 amide bonds. The summed E-state index contributed by atoms with van der Waals surface area (Å²) in [7, 11) is 0. The zero-order chi connectivity index (χ0) is 15.1. The van der Waals surface area contributed by atoms with Crippen LogP contribution in [0.25, 0.3) is 0 Å². The van der Waals surface area contributed by atoms with Crippen LogP contribution < -0.4 is 16.4 Å². The second-order valence-corrected chi connectivity index (χ2v) is 4.28. The first-order valence-corrected chi connectivity index (χ1v) is 5.89. The van der Waals surface area contributed by atoms with Gasteiger partial charge in [0.25, 0.3) is 0 Å². The Balaban J connectivity index is 2.49. The average molecular weight is 280 g/mol. The molecule has 0 radical (unpaired) electrons. The number of carboxylic acid groups (broad SMARTS) is 1. The molecule has 0 aliphatic heterocycles. The van der Waals surface area contributed by atoms with Crippen molar-refractivity contribution < 1.29 is 19.5 Å². The van der Waals surface area contributed by atoms with Gasteiger partial charge >= 0.3 is 12.0 Å². The lowest BCUT2D eigenvalue weighted by atomic mass is 10.2. The van der Waals surface area contributed by atoms with E-state index in [0.717, 1.165) is 0 Å². The maximum Gasteiger partial charge on any atom is 0.319 e. The summed E-state index contributed by atoms with van der Waals surface area (Å²) in [5.74, 6) is -1.48. The van der Waals surface area contributed by atoms with E-state index in [-0.39, 0.29) is 18.9 Å². The van der Waals surface area contributed by atoms with Crippen molar-refractivity contribution in [3.05, 3.63) is 24.0 Å². The molecule has 1 rings (SSSR count). The molecule has 1 heterocycles. The molecule has 0 saturated carbocycles. The van der Waals surface area contributed by atoms with E-state index in [2.05, 4.69) is 15.6 Å². The number of primary amides is 1. The van der Waals surface area contributed by atoms with Crippen molar-refractivity contribution in [2.45, 2.75) is 25.8 Å². The Hall–Kier alpha value is -2.64. The minimum Gasteiger partial charge on any atom is -0.481 e. The van der Waals surface area contributed by atoms with Crippen molar-refractivity contribution in [3.8, 4) is 0 Å². The van der Waals surface area contributed by atoms with E-state index in [1.54, 1.807) is 13.0 Å². The number of aliphatic carboxylic acids is 1. The number of carbonyl (C=O) groups is 3. The molecule has 0 aliphatic carbocycles. The molecule has 0 spiro atoms. The molecule has 0 aliphatic rings. The number of rotatable bonds is 6. The second kappa shape index (κ2) is 7.07. The Kier molecular flexibility index (Phi) is 5.45. The number of urea groups is 1. The van der Waals surface area contributed by atoms with E-state index in [4.69, 9.17) is 10.8 Å². The molecule has 1 unspecified atom stereocenters. The number of aromatic nitrogens is 1. The molecular formula is C12H16N4O4. The summed E-state index contributed by atoms with van der Waals surface area (Å²) >= 11 is 0. The number of carboxylic acids is 1. The Bertz CT molecular complexity index is 501. The number of nitrogens with zero attached hydrogens (tertiary/aromatic N) is 1. The number of amides is 3. The van der Waals surface area contributed by atoms with Crippen molar-refractivity contribution in [1.82, 2.24) is 10.3 Å². The van der Waals surface area contributed by atoms with Gasteiger partial charge in [0.2, 0.25) is 5.91 Å². The third kappa shape index (κ3) is 5.80. The summed E-state index contributed by atoms with van der Waals surface area (Å²) in [4.78, 5) is 36.6. The molecular weight excluding hydrogens is 264 g/mol. The Morgan fingerprint density at radius 3 is 2.60 bits per heavy atom. The molecule has 108 valence electrons. The first-order valence-electron chi connectivity index (χ1n) is 5.89. The number of hydrogen-bond donors (Lipinski definition) is 4. The highest BCUT2D eigenvalue weighted by atomic mass is 16.4. The maximum atomic E-state index is 11.6. The fourth-order valence-corrected chi connectivity index (χ4v) is 1.50. The first kappa shape index (κ1) is 15.4.